The molecule has 0 unspecified atom stereocenters. The second-order valence-electron chi connectivity index (χ2n) is 6.44. The number of nitrogens with one attached hydrogen (secondary N) is 1. The van der Waals surface area contributed by atoms with Crippen LogP contribution >= 0.6 is 11.8 Å². The minimum absolute atomic E-state index is 0.0475. The van der Waals surface area contributed by atoms with Crippen molar-refractivity contribution in [1.29, 1.82) is 0 Å². The molecular weight excluding hydrogens is 322 g/mol. The predicted molar refractivity (Wildman–Crippen MR) is 97.9 cm³/mol. The van der Waals surface area contributed by atoms with Crippen LogP contribution in [-0.4, -0.2) is 61.6 Å². The fourth-order valence-corrected chi connectivity index (χ4v) is 3.15. The molecule has 5 nitrogen and oxygen atoms in total. The van der Waals surface area contributed by atoms with Gasteiger partial charge in [-0.05, 0) is 44.5 Å². The Bertz CT molecular complexity index is 560. The van der Waals surface area contributed by atoms with Crippen molar-refractivity contribution in [2.75, 3.05) is 40.0 Å². The first kappa shape index (κ1) is 18.8. The van der Waals surface area contributed by atoms with Crippen LogP contribution in [0.3, 0.4) is 0 Å². The highest BCUT2D eigenvalue weighted by molar-refractivity contribution is 7.98. The summed E-state index contributed by atoms with van der Waals surface area (Å²) in [6, 6.07) is 8.21. The Morgan fingerprint density at radius 2 is 2.04 bits per heavy atom. The molecule has 6 heteroatoms. The Balaban J connectivity index is 1.83. The van der Waals surface area contributed by atoms with Gasteiger partial charge in [0.1, 0.15) is 0 Å². The highest BCUT2D eigenvalue weighted by Crippen LogP contribution is 2.18. The number of likely N-dealkylation sites (N-methyl/N-ethyl adjacent to an activating group) is 1. The average Bonchev–Trinajstić information content (AvgIpc) is 2.59. The largest absolute Gasteiger partial charge is 0.352 e. The lowest BCUT2D eigenvalue weighted by molar-refractivity contribution is -0.138. The first-order chi connectivity index (χ1) is 11.5. The summed E-state index contributed by atoms with van der Waals surface area (Å²) in [6.07, 6.45) is 3.16. The molecule has 2 amide bonds. The molecule has 0 saturated carbocycles. The highest BCUT2D eigenvalue weighted by Gasteiger charge is 2.29. The number of carbonyl (C=O) groups excluding carboxylic acids is 2. The van der Waals surface area contributed by atoms with Crippen LogP contribution in [0.5, 0.6) is 0 Å². The SMILES string of the molecule is CSc1ccc(CNC(=O)[C@H]2CCC(=O)N(CCN(C)C)C2)cc1. The van der Waals surface area contributed by atoms with Crippen molar-refractivity contribution in [3.63, 3.8) is 0 Å². The summed E-state index contributed by atoms with van der Waals surface area (Å²) in [5, 5.41) is 3.01. The molecule has 0 bridgehead atoms. The number of benzene rings is 1. The van der Waals surface area contributed by atoms with Gasteiger partial charge < -0.3 is 15.1 Å². The Morgan fingerprint density at radius 1 is 1.33 bits per heavy atom. The molecule has 1 aliphatic heterocycles. The van der Waals surface area contributed by atoms with Crippen molar-refractivity contribution in [3.05, 3.63) is 29.8 Å². The van der Waals surface area contributed by atoms with Gasteiger partial charge in [-0.15, -0.1) is 11.8 Å². The summed E-state index contributed by atoms with van der Waals surface area (Å²) >= 11 is 1.70. The van der Waals surface area contributed by atoms with Crippen LogP contribution in [-0.2, 0) is 16.1 Å². The van der Waals surface area contributed by atoms with E-state index in [1.807, 2.05) is 37.4 Å². The maximum absolute atomic E-state index is 12.4. The Labute approximate surface area is 148 Å². The Kier molecular flexibility index (Phi) is 7.12. The second kappa shape index (κ2) is 9.08. The third-order valence-corrected chi connectivity index (χ3v) is 5.06. The van der Waals surface area contributed by atoms with Gasteiger partial charge in [0.25, 0.3) is 0 Å². The average molecular weight is 350 g/mol. The molecule has 2 rings (SSSR count). The van der Waals surface area contributed by atoms with Gasteiger partial charge in [0.2, 0.25) is 11.8 Å². The molecule has 1 aliphatic rings. The third-order valence-electron chi connectivity index (χ3n) is 4.31. The molecule has 0 spiro atoms. The summed E-state index contributed by atoms with van der Waals surface area (Å²) in [5.74, 6) is 0.107. The number of nitrogens with zero attached hydrogens (tertiary/aromatic N) is 2. The lowest BCUT2D eigenvalue weighted by Gasteiger charge is -2.32. The molecule has 1 fully saturated rings. The van der Waals surface area contributed by atoms with Gasteiger partial charge in [0.15, 0.2) is 0 Å². The molecule has 24 heavy (non-hydrogen) atoms. The normalized spacial score (nSPS) is 18.1. The van der Waals surface area contributed by atoms with Gasteiger partial charge in [0, 0.05) is 37.5 Å². The first-order valence-electron chi connectivity index (χ1n) is 8.32. The van der Waals surface area contributed by atoms with Crippen molar-refractivity contribution in [3.8, 4) is 0 Å². The molecule has 1 atom stereocenters. The van der Waals surface area contributed by atoms with Crippen LogP contribution in [0.15, 0.2) is 29.2 Å². The van der Waals surface area contributed by atoms with Crippen LogP contribution in [0.25, 0.3) is 0 Å². The Hall–Kier alpha value is -1.53. The summed E-state index contributed by atoms with van der Waals surface area (Å²) in [5.41, 5.74) is 1.09. The van der Waals surface area contributed by atoms with E-state index in [1.165, 1.54) is 4.90 Å². The molecule has 1 aromatic rings. The fourth-order valence-electron chi connectivity index (χ4n) is 2.74. The maximum atomic E-state index is 12.4. The van der Waals surface area contributed by atoms with Crippen molar-refractivity contribution in [2.24, 2.45) is 5.92 Å². The van der Waals surface area contributed by atoms with E-state index in [2.05, 4.69) is 22.3 Å². The summed E-state index contributed by atoms with van der Waals surface area (Å²) in [4.78, 5) is 29.5. The number of hydrogen-bond acceptors (Lipinski definition) is 4. The van der Waals surface area contributed by atoms with Crippen LogP contribution in [0.2, 0.25) is 0 Å². The third kappa shape index (κ3) is 5.53. The lowest BCUT2D eigenvalue weighted by atomic mass is 9.96. The van der Waals surface area contributed by atoms with Gasteiger partial charge in [-0.25, -0.2) is 0 Å². The van der Waals surface area contributed by atoms with Crippen molar-refractivity contribution in [2.45, 2.75) is 24.3 Å². The molecule has 1 N–H and O–H groups in total. The van der Waals surface area contributed by atoms with Crippen molar-refractivity contribution >= 4 is 23.6 Å². The summed E-state index contributed by atoms with van der Waals surface area (Å²) in [6.45, 7) is 2.58. The highest BCUT2D eigenvalue weighted by atomic mass is 32.2. The van der Waals surface area contributed by atoms with Gasteiger partial charge in [-0.3, -0.25) is 9.59 Å². The summed E-state index contributed by atoms with van der Waals surface area (Å²) < 4.78 is 0. The summed E-state index contributed by atoms with van der Waals surface area (Å²) in [7, 11) is 3.97. The number of rotatable bonds is 7. The van der Waals surface area contributed by atoms with Crippen molar-refractivity contribution < 1.29 is 9.59 Å². The van der Waals surface area contributed by atoms with Gasteiger partial charge >= 0.3 is 0 Å². The van der Waals surface area contributed by atoms with Crippen molar-refractivity contribution in [1.82, 2.24) is 15.1 Å². The van der Waals surface area contributed by atoms with Gasteiger partial charge in [-0.2, -0.15) is 0 Å². The molecule has 1 saturated heterocycles. The maximum Gasteiger partial charge on any atom is 0.225 e. The molecule has 0 radical (unpaired) electrons. The zero-order valence-electron chi connectivity index (χ0n) is 14.7. The molecular formula is C18H27N3O2S. The number of likely N-dealkylation sites (tertiary alicyclic amines) is 1. The first-order valence-corrected chi connectivity index (χ1v) is 9.55. The second-order valence-corrected chi connectivity index (χ2v) is 7.32. The van der Waals surface area contributed by atoms with E-state index in [0.29, 0.717) is 32.5 Å². The molecule has 1 heterocycles. The number of carbonyl (C=O) groups is 2. The molecule has 0 aliphatic carbocycles. The molecule has 0 aromatic heterocycles. The van der Waals surface area contributed by atoms with Crippen LogP contribution < -0.4 is 5.32 Å². The number of piperidine rings is 1. The quantitative estimate of drug-likeness (QED) is 0.763. The smallest absolute Gasteiger partial charge is 0.225 e. The number of amides is 2. The van der Waals surface area contributed by atoms with E-state index in [4.69, 9.17) is 0 Å². The van der Waals surface area contributed by atoms with Crippen LogP contribution in [0.1, 0.15) is 18.4 Å². The van der Waals surface area contributed by atoms with Crippen LogP contribution in [0.4, 0.5) is 0 Å². The van der Waals surface area contributed by atoms with E-state index in [-0.39, 0.29) is 17.7 Å². The molecule has 1 aromatic carbocycles. The Morgan fingerprint density at radius 3 is 2.67 bits per heavy atom. The van der Waals surface area contributed by atoms with E-state index in [9.17, 15) is 9.59 Å². The monoisotopic (exact) mass is 349 g/mol. The minimum atomic E-state index is -0.102. The molecule has 132 valence electrons. The lowest BCUT2D eigenvalue weighted by Crippen LogP contribution is -2.47. The minimum Gasteiger partial charge on any atom is -0.352 e. The standard InChI is InChI=1S/C18H27N3O2S/c1-20(2)10-11-21-13-15(6-9-17(21)22)18(23)19-12-14-4-7-16(24-3)8-5-14/h4-5,7-8,15H,6,9-13H2,1-3H3,(H,19,23)/t15-/m0/s1. The number of hydrogen-bond donors (Lipinski definition) is 1. The fraction of sp³-hybridized carbons (Fsp3) is 0.556. The topological polar surface area (TPSA) is 52.7 Å². The van der Waals surface area contributed by atoms with Crippen LogP contribution in [0, 0.1) is 5.92 Å². The van der Waals surface area contributed by atoms with Gasteiger partial charge in [-0.1, -0.05) is 12.1 Å². The predicted octanol–water partition coefficient (Wildman–Crippen LogP) is 1.82. The van der Waals surface area contributed by atoms with E-state index in [1.54, 1.807) is 11.8 Å². The van der Waals surface area contributed by atoms with Gasteiger partial charge in [0.05, 0.1) is 5.92 Å². The zero-order valence-corrected chi connectivity index (χ0v) is 15.6. The zero-order chi connectivity index (χ0) is 17.5. The van der Waals surface area contributed by atoms with E-state index < -0.39 is 0 Å². The number of thioether (sulfide) groups is 1. The van der Waals surface area contributed by atoms with E-state index >= 15 is 0 Å². The van der Waals surface area contributed by atoms with E-state index in [0.717, 1.165) is 12.1 Å².